The lowest BCUT2D eigenvalue weighted by Gasteiger charge is -2.39. The SMILES string of the molecule is CC(C)(CO)[C@@H](O)C(=O)NCCC(=O)O.C[N+](C)(C)CCO.O=C(O)CCCC[C@@H]1SC[C@@H]2NC(=O)N[C@@H]21.O[C@H]1[C@H](O)[C@@H](O)[C@H](O)[C@@H](O)[C@H]1O. The summed E-state index contributed by atoms with van der Waals surface area (Å²) in [6.07, 6.45) is -8.51. The molecule has 0 aromatic carbocycles. The van der Waals surface area contributed by atoms with Crippen LogP contribution in [0.2, 0.25) is 0 Å². The maximum Gasteiger partial charge on any atom is 0.315 e. The van der Waals surface area contributed by atoms with Crippen molar-refractivity contribution < 1.29 is 79.8 Å². The Morgan fingerprint density at radius 1 is 0.860 bits per heavy atom. The van der Waals surface area contributed by atoms with Crippen molar-refractivity contribution >= 4 is 35.6 Å². The molecule has 0 spiro atoms. The number of likely N-dealkylation sites (N-methyl/N-ethyl adjacent to an activating group) is 1. The number of aliphatic hydroxyl groups is 9. The highest BCUT2D eigenvalue weighted by Gasteiger charge is 2.47. The van der Waals surface area contributed by atoms with Crippen LogP contribution in [-0.2, 0) is 14.4 Å². The van der Waals surface area contributed by atoms with Crippen LogP contribution in [0.3, 0.4) is 0 Å². The van der Waals surface area contributed by atoms with Crippen molar-refractivity contribution in [2.75, 3.05) is 53.2 Å². The topological polar surface area (TPSA) is 327 Å². The number of nitrogens with zero attached hydrogens (tertiary/aromatic N) is 1. The van der Waals surface area contributed by atoms with Crippen LogP contribution in [0.5, 0.6) is 0 Å². The minimum atomic E-state index is -1.64. The monoisotopic (exact) mass is 747 g/mol. The van der Waals surface area contributed by atoms with Gasteiger partial charge in [-0.1, -0.05) is 20.3 Å². The molecule has 0 aromatic heterocycles. The maximum atomic E-state index is 11.3. The third kappa shape index (κ3) is 17.2. The molecule has 2 aliphatic heterocycles. The van der Waals surface area contributed by atoms with Crippen molar-refractivity contribution in [3.8, 4) is 0 Å². The van der Waals surface area contributed by atoms with Crippen LogP contribution in [0.15, 0.2) is 0 Å². The number of nitrogens with one attached hydrogen (secondary N) is 3. The van der Waals surface area contributed by atoms with Gasteiger partial charge in [0, 0.05) is 29.4 Å². The molecule has 3 aliphatic rings. The van der Waals surface area contributed by atoms with E-state index in [4.69, 9.17) is 51.1 Å². The second kappa shape index (κ2) is 22.5. The van der Waals surface area contributed by atoms with Crippen molar-refractivity contribution in [2.24, 2.45) is 5.41 Å². The molecular formula is C30H59N4O15S+. The highest BCUT2D eigenvalue weighted by molar-refractivity contribution is 8.00. The van der Waals surface area contributed by atoms with E-state index in [1.54, 1.807) is 0 Å². The number of carbonyl (C=O) groups excluding carboxylic acids is 2. The molecule has 3 rings (SSSR count). The number of unbranched alkanes of at least 4 members (excludes halogenated alkanes) is 1. The lowest BCUT2D eigenvalue weighted by molar-refractivity contribution is -0.870. The molecule has 0 unspecified atom stereocenters. The Morgan fingerprint density at radius 3 is 1.72 bits per heavy atom. The molecule has 50 heavy (non-hydrogen) atoms. The van der Waals surface area contributed by atoms with Gasteiger partial charge < -0.3 is 76.6 Å². The fourth-order valence-electron chi connectivity index (χ4n) is 4.61. The first-order chi connectivity index (χ1) is 23.0. The van der Waals surface area contributed by atoms with Crippen molar-refractivity contribution in [3.63, 3.8) is 0 Å². The number of amides is 3. The van der Waals surface area contributed by atoms with E-state index in [-0.39, 0.29) is 50.7 Å². The number of rotatable bonds is 13. The van der Waals surface area contributed by atoms with Crippen molar-refractivity contribution in [1.82, 2.24) is 16.0 Å². The summed E-state index contributed by atoms with van der Waals surface area (Å²) >= 11 is 1.87. The van der Waals surface area contributed by atoms with E-state index in [2.05, 4.69) is 37.1 Å². The normalized spacial score (nSPS) is 29.2. The Labute approximate surface area is 295 Å². The number of aliphatic hydroxyl groups excluding tert-OH is 9. The first-order valence-electron chi connectivity index (χ1n) is 16.2. The first-order valence-corrected chi connectivity index (χ1v) is 17.2. The van der Waals surface area contributed by atoms with E-state index in [0.717, 1.165) is 36.0 Å². The van der Waals surface area contributed by atoms with Gasteiger partial charge in [-0.3, -0.25) is 14.4 Å². The molecule has 3 amide bonds. The predicted octanol–water partition coefficient (Wildman–Crippen LogP) is -4.40. The molecule has 294 valence electrons. The van der Waals surface area contributed by atoms with Gasteiger partial charge in [0.1, 0.15) is 49.3 Å². The van der Waals surface area contributed by atoms with Gasteiger partial charge in [-0.05, 0) is 12.8 Å². The fourth-order valence-corrected chi connectivity index (χ4v) is 6.15. The van der Waals surface area contributed by atoms with Crippen LogP contribution >= 0.6 is 11.8 Å². The number of aliphatic carboxylic acids is 2. The summed E-state index contributed by atoms with van der Waals surface area (Å²) in [5.74, 6) is -1.46. The Bertz CT molecular complexity index is 992. The highest BCUT2D eigenvalue weighted by Crippen LogP contribution is 2.33. The lowest BCUT2D eigenvalue weighted by Crippen LogP contribution is -2.63. The van der Waals surface area contributed by atoms with E-state index in [9.17, 15) is 24.3 Å². The van der Waals surface area contributed by atoms with Gasteiger partial charge in [-0.15, -0.1) is 0 Å². The minimum absolute atomic E-state index is 0.0350. The van der Waals surface area contributed by atoms with Gasteiger partial charge in [0.15, 0.2) is 0 Å². The third-order valence-corrected chi connectivity index (χ3v) is 9.48. The summed E-state index contributed by atoms with van der Waals surface area (Å²) in [4.78, 5) is 42.9. The van der Waals surface area contributed by atoms with Crippen molar-refractivity contribution in [3.05, 3.63) is 0 Å². The van der Waals surface area contributed by atoms with Gasteiger partial charge in [0.25, 0.3) is 0 Å². The molecule has 3 fully saturated rings. The van der Waals surface area contributed by atoms with Crippen molar-refractivity contribution in [1.29, 1.82) is 0 Å². The van der Waals surface area contributed by atoms with E-state index in [1.807, 2.05) is 11.8 Å². The second-order valence-electron chi connectivity index (χ2n) is 13.9. The van der Waals surface area contributed by atoms with Gasteiger partial charge in [-0.2, -0.15) is 11.8 Å². The summed E-state index contributed by atoms with van der Waals surface area (Å²) < 4.78 is 0.844. The fraction of sp³-hybridized carbons (Fsp3) is 0.867. The summed E-state index contributed by atoms with van der Waals surface area (Å²) in [7, 11) is 6.16. The van der Waals surface area contributed by atoms with Gasteiger partial charge in [-0.25, -0.2) is 4.79 Å². The number of carbonyl (C=O) groups is 4. The second-order valence-corrected chi connectivity index (χ2v) is 15.2. The van der Waals surface area contributed by atoms with E-state index >= 15 is 0 Å². The number of hydrogen-bond acceptors (Lipinski definition) is 14. The molecule has 20 heteroatoms. The number of fused-ring (bicyclic) bond motifs is 1. The molecule has 0 bridgehead atoms. The lowest BCUT2D eigenvalue weighted by atomic mass is 9.85. The quantitative estimate of drug-likeness (QED) is 0.0480. The first kappa shape index (κ1) is 47.6. The molecule has 0 radical (unpaired) electrons. The number of quaternary nitrogens is 1. The average molecular weight is 748 g/mol. The Balaban J connectivity index is 0.000000664. The number of carboxylic acids is 2. The van der Waals surface area contributed by atoms with Gasteiger partial charge >= 0.3 is 18.0 Å². The summed E-state index contributed by atoms with van der Waals surface area (Å²) in [6, 6.07) is 0.440. The zero-order chi connectivity index (χ0) is 39.0. The minimum Gasteiger partial charge on any atom is -0.481 e. The van der Waals surface area contributed by atoms with Crippen LogP contribution in [0.4, 0.5) is 4.79 Å². The molecule has 1 aliphatic carbocycles. The number of thioether (sulfide) groups is 1. The zero-order valence-electron chi connectivity index (χ0n) is 29.3. The third-order valence-electron chi connectivity index (χ3n) is 7.97. The average Bonchev–Trinajstić information content (AvgIpc) is 3.58. The number of carboxylic acid groups (broad SMARTS) is 2. The Kier molecular flexibility index (Phi) is 21.5. The molecule has 2 heterocycles. The van der Waals surface area contributed by atoms with Crippen LogP contribution in [0.25, 0.3) is 0 Å². The van der Waals surface area contributed by atoms with E-state index < -0.39 is 66.0 Å². The Morgan fingerprint density at radius 2 is 1.34 bits per heavy atom. The van der Waals surface area contributed by atoms with Gasteiger partial charge in [0.05, 0.1) is 52.9 Å². The maximum absolute atomic E-state index is 11.3. The standard InChI is InChI=1S/C10H16N2O3S.C9H17NO5.C6H12O6.C5H14NO/c13-8(14)4-2-1-3-7-9-6(5-16-7)11-10(15)12-9;1-9(2,5-11)7(14)8(15)10-4-3-6(12)13;7-1-2(8)4(10)6(12)5(11)3(1)9;1-6(2,3)4-5-7/h6-7,9H,1-5H2,(H,13,14)(H2,11,12,15);7,11,14H,3-5H2,1-2H3,(H,10,15)(H,12,13);1-12H;7H,4-5H2,1-3H3/q;;;+1/t6-,7-,9-;7-;1-,2-,3-,4+,5-,6-;/m00../s1. The van der Waals surface area contributed by atoms with Crippen LogP contribution in [0.1, 0.15) is 46.0 Å². The molecule has 1 saturated carbocycles. The summed E-state index contributed by atoms with van der Waals surface area (Å²) in [6.45, 7) is 3.82. The van der Waals surface area contributed by atoms with Crippen LogP contribution in [0, 0.1) is 5.41 Å². The predicted molar refractivity (Wildman–Crippen MR) is 180 cm³/mol. The number of urea groups is 1. The largest absolute Gasteiger partial charge is 0.481 e. The molecule has 2 saturated heterocycles. The molecule has 19 nitrogen and oxygen atoms in total. The zero-order valence-corrected chi connectivity index (χ0v) is 30.1. The Hall–Kier alpha value is -2.37. The van der Waals surface area contributed by atoms with Crippen LogP contribution < -0.4 is 16.0 Å². The molecule has 4 atom stereocenters. The number of hydrogen-bond donors (Lipinski definition) is 14. The molecule has 14 N–H and O–H groups in total. The smallest absolute Gasteiger partial charge is 0.315 e. The highest BCUT2D eigenvalue weighted by atomic mass is 32.2. The van der Waals surface area contributed by atoms with Gasteiger partial charge in [0.2, 0.25) is 5.91 Å². The summed E-state index contributed by atoms with van der Waals surface area (Å²) in [5, 5.41) is 106. The van der Waals surface area contributed by atoms with Crippen molar-refractivity contribution in [2.45, 2.75) is 106 Å². The van der Waals surface area contributed by atoms with E-state index in [1.165, 1.54) is 13.8 Å². The molecular weight excluding hydrogens is 688 g/mol. The summed E-state index contributed by atoms with van der Waals surface area (Å²) in [5.41, 5.74) is -0.937. The molecule has 0 aromatic rings. The van der Waals surface area contributed by atoms with Crippen LogP contribution in [-0.4, -0.2) is 198 Å². The van der Waals surface area contributed by atoms with E-state index in [0.29, 0.717) is 5.25 Å².